The lowest BCUT2D eigenvalue weighted by Gasteiger charge is -2.08. The van der Waals surface area contributed by atoms with Crippen molar-refractivity contribution in [2.45, 2.75) is 33.6 Å². The molecule has 0 unspecified atom stereocenters. The third kappa shape index (κ3) is 3.08. The Kier molecular flexibility index (Phi) is 3.89. The molecular formula is C13H19NO. The van der Waals surface area contributed by atoms with Crippen LogP contribution in [0, 0.1) is 20.8 Å². The van der Waals surface area contributed by atoms with Crippen LogP contribution in [-0.2, 0) is 11.2 Å². The van der Waals surface area contributed by atoms with Gasteiger partial charge < -0.3 is 5.32 Å². The van der Waals surface area contributed by atoms with Crippen LogP contribution in [0.2, 0.25) is 0 Å². The highest BCUT2D eigenvalue weighted by molar-refractivity contribution is 5.75. The monoisotopic (exact) mass is 205 g/mol. The Labute approximate surface area is 91.7 Å². The van der Waals surface area contributed by atoms with E-state index in [2.05, 4.69) is 38.2 Å². The molecule has 1 amide bonds. The van der Waals surface area contributed by atoms with Crippen molar-refractivity contribution in [3.63, 3.8) is 0 Å². The Hall–Kier alpha value is -1.31. The highest BCUT2D eigenvalue weighted by Gasteiger charge is 2.03. The number of amides is 1. The molecule has 82 valence electrons. The molecule has 1 N–H and O–H groups in total. The molecule has 1 aromatic rings. The van der Waals surface area contributed by atoms with Gasteiger partial charge in [0.25, 0.3) is 0 Å². The normalized spacial score (nSPS) is 10.1. The van der Waals surface area contributed by atoms with Crippen LogP contribution in [0.5, 0.6) is 0 Å². The van der Waals surface area contributed by atoms with E-state index in [0.717, 1.165) is 6.42 Å². The van der Waals surface area contributed by atoms with Crippen molar-refractivity contribution in [3.05, 3.63) is 34.4 Å². The highest BCUT2D eigenvalue weighted by Crippen LogP contribution is 2.16. The summed E-state index contributed by atoms with van der Waals surface area (Å²) in [6.45, 7) is 6.37. The summed E-state index contributed by atoms with van der Waals surface area (Å²) in [5.74, 6) is 0.103. The van der Waals surface area contributed by atoms with Gasteiger partial charge in [0, 0.05) is 13.5 Å². The second-order valence-electron chi connectivity index (χ2n) is 4.03. The Morgan fingerprint density at radius 3 is 2.20 bits per heavy atom. The number of aryl methyl sites for hydroxylation is 3. The Balaban J connectivity index is 2.75. The van der Waals surface area contributed by atoms with E-state index < -0.39 is 0 Å². The maximum absolute atomic E-state index is 11.1. The maximum Gasteiger partial charge on any atom is 0.220 e. The van der Waals surface area contributed by atoms with Gasteiger partial charge in [0.2, 0.25) is 5.91 Å². The summed E-state index contributed by atoms with van der Waals surface area (Å²) in [6, 6.07) is 4.34. The molecular weight excluding hydrogens is 186 g/mol. The minimum absolute atomic E-state index is 0.103. The molecule has 0 saturated heterocycles. The van der Waals surface area contributed by atoms with Crippen molar-refractivity contribution in [2.75, 3.05) is 7.05 Å². The van der Waals surface area contributed by atoms with Crippen LogP contribution in [0.1, 0.15) is 28.7 Å². The van der Waals surface area contributed by atoms with Crippen LogP contribution in [0.3, 0.4) is 0 Å². The average molecular weight is 205 g/mol. The molecule has 0 fully saturated rings. The smallest absolute Gasteiger partial charge is 0.220 e. The third-order valence-electron chi connectivity index (χ3n) is 2.91. The summed E-state index contributed by atoms with van der Waals surface area (Å²) in [5, 5.41) is 2.64. The van der Waals surface area contributed by atoms with Crippen molar-refractivity contribution in [3.8, 4) is 0 Å². The Morgan fingerprint density at radius 2 is 1.73 bits per heavy atom. The summed E-state index contributed by atoms with van der Waals surface area (Å²) in [6.07, 6.45) is 1.39. The summed E-state index contributed by atoms with van der Waals surface area (Å²) < 4.78 is 0. The lowest BCUT2D eigenvalue weighted by Crippen LogP contribution is -2.17. The summed E-state index contributed by atoms with van der Waals surface area (Å²) in [5.41, 5.74) is 5.21. The molecule has 0 spiro atoms. The van der Waals surface area contributed by atoms with Crippen LogP contribution in [0.4, 0.5) is 0 Å². The molecule has 0 aliphatic carbocycles. The van der Waals surface area contributed by atoms with Crippen LogP contribution in [-0.4, -0.2) is 13.0 Å². The van der Waals surface area contributed by atoms with Crippen molar-refractivity contribution >= 4 is 5.91 Å². The Morgan fingerprint density at radius 1 is 1.20 bits per heavy atom. The first kappa shape index (κ1) is 11.8. The number of rotatable bonds is 3. The first-order valence-electron chi connectivity index (χ1n) is 5.32. The van der Waals surface area contributed by atoms with Crippen molar-refractivity contribution in [1.29, 1.82) is 0 Å². The maximum atomic E-state index is 11.1. The first-order valence-corrected chi connectivity index (χ1v) is 5.32. The summed E-state index contributed by atoms with van der Waals surface area (Å²) >= 11 is 0. The second-order valence-corrected chi connectivity index (χ2v) is 4.03. The van der Waals surface area contributed by atoms with E-state index in [1.54, 1.807) is 7.05 Å². The number of hydrogen-bond donors (Lipinski definition) is 1. The lowest BCUT2D eigenvalue weighted by molar-refractivity contribution is -0.120. The van der Waals surface area contributed by atoms with Gasteiger partial charge in [0.05, 0.1) is 0 Å². The van der Waals surface area contributed by atoms with Gasteiger partial charge in [-0.25, -0.2) is 0 Å². The average Bonchev–Trinajstić information content (AvgIpc) is 2.22. The quantitative estimate of drug-likeness (QED) is 0.806. The lowest BCUT2D eigenvalue weighted by atomic mass is 9.98. The summed E-state index contributed by atoms with van der Waals surface area (Å²) in [4.78, 5) is 11.1. The van der Waals surface area contributed by atoms with E-state index >= 15 is 0 Å². The van der Waals surface area contributed by atoms with E-state index in [-0.39, 0.29) is 5.91 Å². The molecule has 15 heavy (non-hydrogen) atoms. The van der Waals surface area contributed by atoms with E-state index in [0.29, 0.717) is 6.42 Å². The van der Waals surface area contributed by atoms with E-state index in [4.69, 9.17) is 0 Å². The third-order valence-corrected chi connectivity index (χ3v) is 2.91. The predicted molar refractivity (Wildman–Crippen MR) is 63.0 cm³/mol. The zero-order chi connectivity index (χ0) is 11.4. The molecule has 0 aromatic heterocycles. The van der Waals surface area contributed by atoms with E-state index in [1.807, 2.05) is 0 Å². The van der Waals surface area contributed by atoms with E-state index in [1.165, 1.54) is 22.3 Å². The number of nitrogens with one attached hydrogen (secondary N) is 1. The fourth-order valence-corrected chi connectivity index (χ4v) is 1.65. The van der Waals surface area contributed by atoms with Gasteiger partial charge in [-0.3, -0.25) is 4.79 Å². The molecule has 0 radical (unpaired) electrons. The second kappa shape index (κ2) is 4.96. The van der Waals surface area contributed by atoms with Gasteiger partial charge in [0.1, 0.15) is 0 Å². The molecule has 0 aliphatic rings. The highest BCUT2D eigenvalue weighted by atomic mass is 16.1. The van der Waals surface area contributed by atoms with Crippen LogP contribution < -0.4 is 5.32 Å². The van der Waals surface area contributed by atoms with Gasteiger partial charge in [-0.15, -0.1) is 0 Å². The van der Waals surface area contributed by atoms with Crippen molar-refractivity contribution in [1.82, 2.24) is 5.32 Å². The molecule has 1 aromatic carbocycles. The van der Waals surface area contributed by atoms with Gasteiger partial charge in [0.15, 0.2) is 0 Å². The van der Waals surface area contributed by atoms with Crippen LogP contribution >= 0.6 is 0 Å². The number of carbonyl (C=O) groups is 1. The molecule has 2 nitrogen and oxygen atoms in total. The zero-order valence-corrected chi connectivity index (χ0v) is 9.98. The molecule has 0 bridgehead atoms. The largest absolute Gasteiger partial charge is 0.359 e. The molecule has 0 saturated carbocycles. The minimum Gasteiger partial charge on any atom is -0.359 e. The summed E-state index contributed by atoms with van der Waals surface area (Å²) in [7, 11) is 1.67. The molecule has 0 heterocycles. The molecule has 0 atom stereocenters. The SMILES string of the molecule is CNC(=O)CCc1cc(C)c(C)c(C)c1. The van der Waals surface area contributed by atoms with Gasteiger partial charge in [-0.05, 0) is 49.4 Å². The van der Waals surface area contributed by atoms with Gasteiger partial charge in [-0.2, -0.15) is 0 Å². The zero-order valence-electron chi connectivity index (χ0n) is 9.98. The van der Waals surface area contributed by atoms with Crippen LogP contribution in [0.25, 0.3) is 0 Å². The topological polar surface area (TPSA) is 29.1 Å². The molecule has 0 aliphatic heterocycles. The number of carbonyl (C=O) groups excluding carboxylic acids is 1. The number of hydrogen-bond acceptors (Lipinski definition) is 1. The Bertz CT molecular complexity index is 346. The fraction of sp³-hybridized carbons (Fsp3) is 0.462. The van der Waals surface area contributed by atoms with Crippen molar-refractivity contribution < 1.29 is 4.79 Å². The van der Waals surface area contributed by atoms with Crippen LogP contribution in [0.15, 0.2) is 12.1 Å². The standard InChI is InChI=1S/C13H19NO/c1-9-7-12(5-6-13(15)14-4)8-10(2)11(9)3/h7-8H,5-6H2,1-4H3,(H,14,15). The molecule has 2 heteroatoms. The van der Waals surface area contributed by atoms with Gasteiger partial charge in [-0.1, -0.05) is 12.1 Å². The van der Waals surface area contributed by atoms with Crippen molar-refractivity contribution in [2.24, 2.45) is 0 Å². The fourth-order valence-electron chi connectivity index (χ4n) is 1.65. The van der Waals surface area contributed by atoms with E-state index in [9.17, 15) is 4.79 Å². The number of benzene rings is 1. The predicted octanol–water partition coefficient (Wildman–Crippen LogP) is 2.29. The minimum atomic E-state index is 0.103. The molecule has 1 rings (SSSR count). The first-order chi connectivity index (χ1) is 7.04. The van der Waals surface area contributed by atoms with Gasteiger partial charge >= 0.3 is 0 Å².